The van der Waals surface area contributed by atoms with Crippen molar-refractivity contribution in [2.45, 2.75) is 25.3 Å². The molecule has 150 valence electrons. The predicted octanol–water partition coefficient (Wildman–Crippen LogP) is 0.837. The minimum atomic E-state index is -0.677. The topological polar surface area (TPSA) is 97.1 Å². The molecule has 0 aliphatic carbocycles. The highest BCUT2D eigenvalue weighted by atomic mass is 16.5. The zero-order valence-electron chi connectivity index (χ0n) is 16.4. The van der Waals surface area contributed by atoms with Crippen LogP contribution in [0.25, 0.3) is 0 Å². The molecule has 0 spiro atoms. The highest BCUT2D eigenvalue weighted by Gasteiger charge is 2.26. The van der Waals surface area contributed by atoms with Crippen molar-refractivity contribution in [2.75, 3.05) is 47.4 Å². The molecule has 0 saturated carbocycles. The summed E-state index contributed by atoms with van der Waals surface area (Å²) >= 11 is 0. The first-order valence-corrected chi connectivity index (χ1v) is 9.16. The van der Waals surface area contributed by atoms with Gasteiger partial charge in [-0.25, -0.2) is 4.79 Å². The molecular formula is C19H30N4O4. The second-order valence-electron chi connectivity index (χ2n) is 6.77. The zero-order chi connectivity index (χ0) is 19.8. The number of nitrogens with one attached hydrogen (secondary N) is 1. The van der Waals surface area contributed by atoms with Crippen molar-refractivity contribution >= 4 is 11.9 Å². The lowest BCUT2D eigenvalue weighted by Gasteiger charge is -2.37. The molecule has 1 fully saturated rings. The Morgan fingerprint density at radius 1 is 1.30 bits per heavy atom. The van der Waals surface area contributed by atoms with E-state index in [1.54, 1.807) is 19.1 Å². The Morgan fingerprint density at radius 3 is 2.70 bits per heavy atom. The number of ether oxygens (including phenoxy) is 2. The third-order valence-corrected chi connectivity index (χ3v) is 4.99. The number of nitrogens with zero attached hydrogens (tertiary/aromatic N) is 2. The first-order chi connectivity index (χ1) is 12.9. The van der Waals surface area contributed by atoms with E-state index in [0.717, 1.165) is 43.9 Å². The van der Waals surface area contributed by atoms with Crippen LogP contribution in [-0.4, -0.2) is 75.2 Å². The van der Waals surface area contributed by atoms with Gasteiger partial charge in [-0.2, -0.15) is 0 Å². The smallest absolute Gasteiger partial charge is 0.312 e. The van der Waals surface area contributed by atoms with Gasteiger partial charge in [0, 0.05) is 25.7 Å². The number of likely N-dealkylation sites (N-methyl/N-ethyl adjacent to an activating group) is 1. The van der Waals surface area contributed by atoms with E-state index < -0.39 is 6.03 Å². The number of hydrogen-bond donors (Lipinski definition) is 2. The number of primary amides is 1. The maximum atomic E-state index is 12.2. The predicted molar refractivity (Wildman–Crippen MR) is 103 cm³/mol. The highest BCUT2D eigenvalue weighted by Crippen LogP contribution is 2.27. The average molecular weight is 378 g/mol. The van der Waals surface area contributed by atoms with Crippen LogP contribution < -0.4 is 20.5 Å². The summed E-state index contributed by atoms with van der Waals surface area (Å²) < 4.78 is 10.6. The van der Waals surface area contributed by atoms with Crippen molar-refractivity contribution in [3.05, 3.63) is 23.8 Å². The van der Waals surface area contributed by atoms with Gasteiger partial charge < -0.3 is 30.3 Å². The van der Waals surface area contributed by atoms with Crippen molar-refractivity contribution in [3.8, 4) is 11.5 Å². The van der Waals surface area contributed by atoms with Crippen LogP contribution in [0.3, 0.4) is 0 Å². The SMILES string of the molecule is COc1ccc(CCN(C)[C@H]2CCCN(C(=O)CNC(N)=O)C2)cc1OC. The van der Waals surface area contributed by atoms with E-state index in [0.29, 0.717) is 12.6 Å². The van der Waals surface area contributed by atoms with E-state index in [1.165, 1.54) is 5.56 Å². The Bertz CT molecular complexity index is 653. The Morgan fingerprint density at radius 2 is 2.04 bits per heavy atom. The van der Waals surface area contributed by atoms with Crippen LogP contribution in [0.1, 0.15) is 18.4 Å². The lowest BCUT2D eigenvalue weighted by molar-refractivity contribution is -0.132. The molecule has 1 aliphatic rings. The van der Waals surface area contributed by atoms with Crippen molar-refractivity contribution in [3.63, 3.8) is 0 Å². The molecule has 3 N–H and O–H groups in total. The lowest BCUT2D eigenvalue weighted by atomic mass is 10.0. The number of amides is 3. The number of hydrogen-bond acceptors (Lipinski definition) is 5. The van der Waals surface area contributed by atoms with Crippen LogP contribution in [0.5, 0.6) is 11.5 Å². The standard InChI is InChI=1S/C19H30N4O4/c1-22(10-8-14-6-7-16(26-2)17(11-14)27-3)15-5-4-9-23(13-15)18(24)12-21-19(20)25/h6-7,11,15H,4-5,8-10,12-13H2,1-3H3,(H3,20,21,25)/t15-/m0/s1. The molecule has 8 heteroatoms. The minimum absolute atomic E-state index is 0.0442. The first-order valence-electron chi connectivity index (χ1n) is 9.16. The molecule has 0 bridgehead atoms. The zero-order valence-corrected chi connectivity index (χ0v) is 16.4. The van der Waals surface area contributed by atoms with Crippen LogP contribution in [0.4, 0.5) is 4.79 Å². The van der Waals surface area contributed by atoms with Gasteiger partial charge in [0.2, 0.25) is 5.91 Å². The van der Waals surface area contributed by atoms with Gasteiger partial charge in [-0.05, 0) is 44.0 Å². The highest BCUT2D eigenvalue weighted by molar-refractivity contribution is 5.83. The Labute approximate surface area is 160 Å². The van der Waals surface area contributed by atoms with Gasteiger partial charge >= 0.3 is 6.03 Å². The van der Waals surface area contributed by atoms with E-state index in [9.17, 15) is 9.59 Å². The molecule has 0 aromatic heterocycles. The van der Waals surface area contributed by atoms with Gasteiger partial charge in [-0.1, -0.05) is 6.07 Å². The molecular weight excluding hydrogens is 348 g/mol. The third kappa shape index (κ3) is 6.02. The number of urea groups is 1. The molecule has 0 unspecified atom stereocenters. The maximum absolute atomic E-state index is 12.2. The van der Waals surface area contributed by atoms with E-state index in [2.05, 4.69) is 17.3 Å². The van der Waals surface area contributed by atoms with Crippen LogP contribution in [0.2, 0.25) is 0 Å². The molecule has 8 nitrogen and oxygen atoms in total. The van der Waals surface area contributed by atoms with Gasteiger partial charge in [-0.3, -0.25) is 4.79 Å². The molecule has 1 aromatic carbocycles. The number of nitrogens with two attached hydrogens (primary N) is 1. The van der Waals surface area contributed by atoms with Crippen molar-refractivity contribution in [1.29, 1.82) is 0 Å². The summed E-state index contributed by atoms with van der Waals surface area (Å²) in [7, 11) is 5.34. The number of benzene rings is 1. The fourth-order valence-electron chi connectivity index (χ4n) is 3.34. The lowest BCUT2D eigenvalue weighted by Crippen LogP contribution is -2.51. The number of carbonyl (C=O) groups excluding carboxylic acids is 2. The Hall–Kier alpha value is -2.48. The molecule has 1 atom stereocenters. The van der Waals surface area contributed by atoms with Crippen LogP contribution >= 0.6 is 0 Å². The molecule has 1 heterocycles. The van der Waals surface area contributed by atoms with Crippen molar-refractivity contribution in [2.24, 2.45) is 5.73 Å². The van der Waals surface area contributed by atoms with Crippen molar-refractivity contribution in [1.82, 2.24) is 15.1 Å². The third-order valence-electron chi connectivity index (χ3n) is 4.99. The Kier molecular flexibility index (Phi) is 7.72. The van der Waals surface area contributed by atoms with Gasteiger partial charge in [-0.15, -0.1) is 0 Å². The van der Waals surface area contributed by atoms with Gasteiger partial charge in [0.05, 0.1) is 20.8 Å². The van der Waals surface area contributed by atoms with E-state index in [1.807, 2.05) is 18.2 Å². The summed E-state index contributed by atoms with van der Waals surface area (Å²) in [6.45, 7) is 2.22. The van der Waals surface area contributed by atoms with Gasteiger partial charge in [0.15, 0.2) is 11.5 Å². The average Bonchev–Trinajstić information content (AvgIpc) is 2.69. The summed E-state index contributed by atoms with van der Waals surface area (Å²) in [6, 6.07) is 5.58. The number of methoxy groups -OCH3 is 2. The van der Waals surface area contributed by atoms with Crippen LogP contribution in [0, 0.1) is 0 Å². The number of rotatable bonds is 8. The number of likely N-dealkylation sites (tertiary alicyclic amines) is 1. The summed E-state index contributed by atoms with van der Waals surface area (Å²) in [5, 5.41) is 2.37. The Balaban J connectivity index is 1.87. The van der Waals surface area contributed by atoms with Crippen molar-refractivity contribution < 1.29 is 19.1 Å². The normalized spacial score (nSPS) is 16.9. The van der Waals surface area contributed by atoms with E-state index in [-0.39, 0.29) is 12.5 Å². The molecule has 1 aliphatic heterocycles. The number of piperidine rings is 1. The molecule has 27 heavy (non-hydrogen) atoms. The molecule has 0 radical (unpaired) electrons. The monoisotopic (exact) mass is 378 g/mol. The van der Waals surface area contributed by atoms with Gasteiger partial charge in [0.1, 0.15) is 0 Å². The van der Waals surface area contributed by atoms with Gasteiger partial charge in [0.25, 0.3) is 0 Å². The number of carbonyl (C=O) groups is 2. The minimum Gasteiger partial charge on any atom is -0.493 e. The van der Waals surface area contributed by atoms with E-state index >= 15 is 0 Å². The quantitative estimate of drug-likeness (QED) is 0.699. The molecule has 3 amide bonds. The first kappa shape index (κ1) is 20.8. The molecule has 2 rings (SSSR count). The van der Waals surface area contributed by atoms with E-state index in [4.69, 9.17) is 15.2 Å². The van der Waals surface area contributed by atoms with Crippen LogP contribution in [0.15, 0.2) is 18.2 Å². The summed E-state index contributed by atoms with van der Waals surface area (Å²) in [5.41, 5.74) is 6.21. The molecule has 1 aromatic rings. The fourth-order valence-corrected chi connectivity index (χ4v) is 3.34. The second-order valence-corrected chi connectivity index (χ2v) is 6.77. The maximum Gasteiger partial charge on any atom is 0.312 e. The summed E-state index contributed by atoms with van der Waals surface area (Å²) in [4.78, 5) is 27.1. The second kappa shape index (κ2) is 10.0. The van der Waals surface area contributed by atoms with Crippen LogP contribution in [-0.2, 0) is 11.2 Å². The largest absolute Gasteiger partial charge is 0.493 e. The summed E-state index contributed by atoms with van der Waals surface area (Å²) in [5.74, 6) is 1.36. The summed E-state index contributed by atoms with van der Waals surface area (Å²) in [6.07, 6.45) is 2.88. The fraction of sp³-hybridized carbons (Fsp3) is 0.579. The molecule has 1 saturated heterocycles.